The molecule has 146 valence electrons. The van der Waals surface area contributed by atoms with Crippen molar-refractivity contribution in [2.75, 3.05) is 0 Å². The molecule has 0 saturated heterocycles. The zero-order chi connectivity index (χ0) is 20.7. The maximum Gasteiger partial charge on any atom is 0.404 e. The zero-order valence-electron chi connectivity index (χ0n) is 14.8. The number of amides is 3. The van der Waals surface area contributed by atoms with Crippen LogP contribution in [0.25, 0.3) is 11.0 Å². The van der Waals surface area contributed by atoms with Crippen LogP contribution < -0.4 is 5.73 Å². The van der Waals surface area contributed by atoms with Gasteiger partial charge in [-0.15, -0.1) is 0 Å². The smallest absolute Gasteiger partial charge is 0.404 e. The van der Waals surface area contributed by atoms with Crippen LogP contribution in [0, 0.1) is 0 Å². The fourth-order valence-corrected chi connectivity index (χ4v) is 3.16. The monoisotopic (exact) mass is 394 g/mol. The second kappa shape index (κ2) is 6.75. The quantitative estimate of drug-likeness (QED) is 0.443. The predicted molar refractivity (Wildman–Crippen MR) is 97.9 cm³/mol. The number of nitrogens with zero attached hydrogens (tertiary/aromatic N) is 3. The van der Waals surface area contributed by atoms with Gasteiger partial charge in [-0.2, -0.15) is 0 Å². The lowest BCUT2D eigenvalue weighted by Crippen LogP contribution is -2.29. The minimum absolute atomic E-state index is 0.00301. The highest BCUT2D eigenvalue weighted by molar-refractivity contribution is 6.26. The second-order valence-corrected chi connectivity index (χ2v) is 6.32. The lowest BCUT2D eigenvalue weighted by atomic mass is 10.1. The van der Waals surface area contributed by atoms with Crippen molar-refractivity contribution in [2.24, 2.45) is 5.73 Å². The molecule has 2 heterocycles. The first-order valence-corrected chi connectivity index (χ1v) is 8.43. The Balaban J connectivity index is 1.65. The molecule has 2 aromatic carbocycles. The number of imide groups is 1. The molecule has 4 N–H and O–H groups in total. The van der Waals surface area contributed by atoms with E-state index in [9.17, 15) is 24.6 Å². The summed E-state index contributed by atoms with van der Waals surface area (Å²) in [5.41, 5.74) is 5.48. The Hall–Kier alpha value is -4.21. The Kier molecular flexibility index (Phi) is 4.23. The van der Waals surface area contributed by atoms with Gasteiger partial charge in [0.2, 0.25) is 0 Å². The van der Waals surface area contributed by atoms with Crippen molar-refractivity contribution in [2.45, 2.75) is 13.2 Å². The summed E-state index contributed by atoms with van der Waals surface area (Å²) in [5.74, 6) is -2.49. The van der Waals surface area contributed by atoms with E-state index in [1.807, 2.05) is 0 Å². The van der Waals surface area contributed by atoms with Crippen molar-refractivity contribution < 1.29 is 29.3 Å². The van der Waals surface area contributed by atoms with Crippen molar-refractivity contribution in [1.29, 1.82) is 0 Å². The third-order valence-corrected chi connectivity index (χ3v) is 4.53. The van der Waals surface area contributed by atoms with E-state index in [0.717, 1.165) is 4.90 Å². The molecule has 0 bridgehead atoms. The van der Waals surface area contributed by atoms with Gasteiger partial charge in [0.15, 0.2) is 11.5 Å². The Bertz CT molecular complexity index is 1120. The molecule has 1 aliphatic rings. The van der Waals surface area contributed by atoms with Gasteiger partial charge in [-0.05, 0) is 11.1 Å². The van der Waals surface area contributed by atoms with Crippen LogP contribution in [0.5, 0.6) is 11.5 Å². The zero-order valence-corrected chi connectivity index (χ0v) is 14.8. The average molecular weight is 394 g/mol. The molecule has 1 aromatic heterocycles. The maximum atomic E-state index is 12.8. The Morgan fingerprint density at radius 3 is 1.90 bits per heavy atom. The molecule has 29 heavy (non-hydrogen) atoms. The van der Waals surface area contributed by atoms with Crippen LogP contribution >= 0.6 is 0 Å². The van der Waals surface area contributed by atoms with Gasteiger partial charge in [-0.1, -0.05) is 24.3 Å². The molecule has 0 atom stereocenters. The Labute approximate surface area is 163 Å². The fourth-order valence-electron chi connectivity index (χ4n) is 3.16. The van der Waals surface area contributed by atoms with Crippen LogP contribution in [0.3, 0.4) is 0 Å². The highest BCUT2D eigenvalue weighted by Crippen LogP contribution is 2.42. The lowest BCUT2D eigenvalue weighted by Gasteiger charge is -2.14. The highest BCUT2D eigenvalue weighted by atomic mass is 16.5. The first kappa shape index (κ1) is 18.2. The number of nitrogens with two attached hydrogens (primary N) is 1. The van der Waals surface area contributed by atoms with E-state index in [4.69, 9.17) is 10.5 Å². The molecule has 3 amide bonds. The van der Waals surface area contributed by atoms with E-state index in [1.54, 1.807) is 24.3 Å². The number of hydrogen-bond acceptors (Lipinski definition) is 8. The number of carbonyl (C=O) groups excluding carboxylic acids is 3. The largest absolute Gasteiger partial charge is 0.505 e. The summed E-state index contributed by atoms with van der Waals surface area (Å²) < 4.78 is 4.69. The molecule has 0 unspecified atom stereocenters. The van der Waals surface area contributed by atoms with Crippen LogP contribution in [-0.2, 0) is 17.9 Å². The van der Waals surface area contributed by atoms with E-state index in [2.05, 4.69) is 9.97 Å². The van der Waals surface area contributed by atoms with E-state index >= 15 is 0 Å². The number of ether oxygens (including phenoxy) is 1. The number of aromatic nitrogens is 2. The third-order valence-electron chi connectivity index (χ3n) is 4.53. The van der Waals surface area contributed by atoms with Crippen molar-refractivity contribution in [3.63, 3.8) is 0 Å². The molecule has 3 aromatic rings. The first-order chi connectivity index (χ1) is 13.9. The number of fused-ring (bicyclic) bond motifs is 2. The summed E-state index contributed by atoms with van der Waals surface area (Å²) >= 11 is 0. The summed E-state index contributed by atoms with van der Waals surface area (Å²) in [6.07, 6.45) is 1.71. The molecular weight excluding hydrogens is 380 g/mol. The van der Waals surface area contributed by atoms with Crippen molar-refractivity contribution in [1.82, 2.24) is 14.9 Å². The molecule has 1 aliphatic heterocycles. The topological polar surface area (TPSA) is 156 Å². The standard InChI is InChI=1S/C19H14N4O6/c20-19(28)29-8-10-3-1-9(2-4-10)7-23-17(26)11-12(18(23)27)16(25)14-13(15(11)24)21-5-6-22-14/h1-6,24-25H,7-8H2,(H2,20,28). The number of benzene rings is 2. The molecule has 0 fully saturated rings. The van der Waals surface area contributed by atoms with Crippen LogP contribution in [0.2, 0.25) is 0 Å². The van der Waals surface area contributed by atoms with Gasteiger partial charge in [0.25, 0.3) is 11.8 Å². The number of primary amides is 1. The average Bonchev–Trinajstić information content (AvgIpc) is 2.96. The highest BCUT2D eigenvalue weighted by Gasteiger charge is 2.42. The first-order valence-electron chi connectivity index (χ1n) is 8.43. The van der Waals surface area contributed by atoms with Gasteiger partial charge in [-0.3, -0.25) is 14.5 Å². The molecule has 10 nitrogen and oxygen atoms in total. The van der Waals surface area contributed by atoms with Crippen LogP contribution in [0.15, 0.2) is 36.7 Å². The number of phenolic OH excluding ortho intramolecular Hbond substituents is 2. The van der Waals surface area contributed by atoms with Crippen LogP contribution in [0.1, 0.15) is 31.8 Å². The van der Waals surface area contributed by atoms with Crippen molar-refractivity contribution in [3.05, 3.63) is 58.9 Å². The van der Waals surface area contributed by atoms with Crippen LogP contribution in [0.4, 0.5) is 4.79 Å². The maximum absolute atomic E-state index is 12.8. The van der Waals surface area contributed by atoms with Gasteiger partial charge < -0.3 is 20.7 Å². The van der Waals surface area contributed by atoms with Crippen molar-refractivity contribution in [3.8, 4) is 11.5 Å². The summed E-state index contributed by atoms with van der Waals surface area (Å²) in [6.45, 7) is -0.0870. The summed E-state index contributed by atoms with van der Waals surface area (Å²) in [6, 6.07) is 6.63. The predicted octanol–water partition coefficient (Wildman–Crippen LogP) is 1.43. The third kappa shape index (κ3) is 2.96. The van der Waals surface area contributed by atoms with E-state index < -0.39 is 29.4 Å². The van der Waals surface area contributed by atoms with Crippen LogP contribution in [-0.4, -0.2) is 43.0 Å². The number of carbonyl (C=O) groups is 3. The Morgan fingerprint density at radius 1 is 0.931 bits per heavy atom. The van der Waals surface area contributed by atoms with E-state index in [-0.39, 0.29) is 35.3 Å². The van der Waals surface area contributed by atoms with Gasteiger partial charge in [-0.25, -0.2) is 14.8 Å². The van der Waals surface area contributed by atoms with E-state index in [0.29, 0.717) is 11.1 Å². The number of hydrogen-bond donors (Lipinski definition) is 3. The fraction of sp³-hybridized carbons (Fsp3) is 0.105. The van der Waals surface area contributed by atoms with Gasteiger partial charge >= 0.3 is 6.09 Å². The van der Waals surface area contributed by atoms with Crippen molar-refractivity contribution >= 4 is 28.9 Å². The molecule has 0 aliphatic carbocycles. The summed E-state index contributed by atoms with van der Waals surface area (Å²) in [4.78, 5) is 45.0. The minimum Gasteiger partial charge on any atom is -0.505 e. The molecule has 0 saturated carbocycles. The number of rotatable bonds is 4. The van der Waals surface area contributed by atoms with Gasteiger partial charge in [0.1, 0.15) is 28.8 Å². The summed E-state index contributed by atoms with van der Waals surface area (Å²) in [5, 5.41) is 20.9. The van der Waals surface area contributed by atoms with Gasteiger partial charge in [0, 0.05) is 12.4 Å². The van der Waals surface area contributed by atoms with Gasteiger partial charge in [0.05, 0.1) is 6.54 Å². The molecule has 0 spiro atoms. The molecule has 4 rings (SSSR count). The summed E-state index contributed by atoms with van der Waals surface area (Å²) in [7, 11) is 0. The SMILES string of the molecule is NC(=O)OCc1ccc(CN2C(=O)c3c(c(O)c4nccnc4c3O)C2=O)cc1. The second-order valence-electron chi connectivity index (χ2n) is 6.32. The lowest BCUT2D eigenvalue weighted by molar-refractivity contribution is 0.0640. The molecule has 10 heteroatoms. The van der Waals surface area contributed by atoms with E-state index in [1.165, 1.54) is 12.4 Å². The number of phenols is 2. The molecular formula is C19H14N4O6. The minimum atomic E-state index is -0.893. The number of aromatic hydroxyl groups is 2. The molecule has 0 radical (unpaired) electrons. The Morgan fingerprint density at radius 2 is 1.41 bits per heavy atom. The normalized spacial score (nSPS) is 13.0.